The molecule has 1 rings (SSSR count). The Hall–Kier alpha value is -1.28. The molecule has 0 atom stereocenters. The average molecular weight is 161 g/mol. The Labute approximate surface area is 63.4 Å². The van der Waals surface area contributed by atoms with E-state index in [1.807, 2.05) is 6.07 Å². The van der Waals surface area contributed by atoms with E-state index < -0.39 is 0 Å². The van der Waals surface area contributed by atoms with Crippen LogP contribution >= 0.6 is 0 Å². The SMILES string of the molecule is N#CC[n+]1cc(N)on1.[Cl-]. The molecule has 0 spiro atoms. The second-order valence-electron chi connectivity index (χ2n) is 1.46. The van der Waals surface area contributed by atoms with E-state index in [1.165, 1.54) is 10.9 Å². The minimum atomic E-state index is 0. The predicted molar refractivity (Wildman–Crippen MR) is 26.7 cm³/mol. The zero-order chi connectivity index (χ0) is 6.69. The first kappa shape index (κ1) is 8.72. The average Bonchev–Trinajstić information content (AvgIpc) is 2.17. The van der Waals surface area contributed by atoms with Gasteiger partial charge in [0.1, 0.15) is 6.07 Å². The first-order valence-electron chi connectivity index (χ1n) is 2.32. The van der Waals surface area contributed by atoms with Gasteiger partial charge in [-0.2, -0.15) is 5.26 Å². The summed E-state index contributed by atoms with van der Waals surface area (Å²) in [5.41, 5.74) is 5.15. The standard InChI is InChI=1S/C4H5N4O.ClH/c5-1-2-8-3-4(6)9-7-8;/h3H,2,6H2;1H/q+1;/p-1. The summed E-state index contributed by atoms with van der Waals surface area (Å²) in [7, 11) is 0. The molecule has 0 aliphatic rings. The Kier molecular flexibility index (Phi) is 3.22. The number of nitrogens with zero attached hydrogens (tertiary/aromatic N) is 3. The fourth-order valence-electron chi connectivity index (χ4n) is 0.441. The van der Waals surface area contributed by atoms with Gasteiger partial charge in [0, 0.05) is 0 Å². The summed E-state index contributed by atoms with van der Waals surface area (Å²) in [5, 5.41) is 11.5. The van der Waals surface area contributed by atoms with Crippen LogP contribution in [0.5, 0.6) is 0 Å². The molecule has 1 aromatic rings. The Morgan fingerprint density at radius 3 is 3.00 bits per heavy atom. The van der Waals surface area contributed by atoms with Gasteiger partial charge in [0.2, 0.25) is 5.27 Å². The van der Waals surface area contributed by atoms with Gasteiger partial charge in [-0.3, -0.25) is 4.52 Å². The number of anilines is 1. The number of halogens is 1. The van der Waals surface area contributed by atoms with Crippen LogP contribution in [0.2, 0.25) is 0 Å². The molecule has 0 saturated heterocycles. The van der Waals surface area contributed by atoms with Crippen LogP contribution in [0.25, 0.3) is 0 Å². The molecule has 0 radical (unpaired) electrons. The van der Waals surface area contributed by atoms with Crippen LogP contribution in [0.3, 0.4) is 0 Å². The number of hydrogen-bond acceptors (Lipinski definition) is 4. The third-order valence-electron chi connectivity index (χ3n) is 0.760. The summed E-state index contributed by atoms with van der Waals surface area (Å²) in [6.45, 7) is 0.167. The Balaban J connectivity index is 0.000000810. The smallest absolute Gasteiger partial charge is 0.293 e. The van der Waals surface area contributed by atoms with Crippen LogP contribution in [-0.4, -0.2) is 5.27 Å². The highest BCUT2D eigenvalue weighted by atomic mass is 35.5. The van der Waals surface area contributed by atoms with Crippen molar-refractivity contribution in [1.29, 1.82) is 5.26 Å². The molecule has 1 heterocycles. The molecule has 0 aromatic carbocycles. The van der Waals surface area contributed by atoms with E-state index in [0.717, 1.165) is 0 Å². The molecule has 6 heteroatoms. The van der Waals surface area contributed by atoms with E-state index in [2.05, 4.69) is 9.79 Å². The van der Waals surface area contributed by atoms with Crippen molar-refractivity contribution in [2.75, 3.05) is 5.73 Å². The van der Waals surface area contributed by atoms with E-state index in [0.29, 0.717) is 0 Å². The molecule has 0 amide bonds. The fraction of sp³-hybridized carbons (Fsp3) is 0.250. The topological polar surface area (TPSA) is 79.7 Å². The van der Waals surface area contributed by atoms with Crippen molar-refractivity contribution in [3.63, 3.8) is 0 Å². The van der Waals surface area contributed by atoms with Crippen LogP contribution < -0.4 is 22.8 Å². The van der Waals surface area contributed by atoms with Crippen molar-refractivity contribution >= 4 is 5.88 Å². The molecule has 0 saturated carbocycles. The number of nitrogen functional groups attached to an aromatic ring is 1. The molecule has 2 N–H and O–H groups in total. The quantitative estimate of drug-likeness (QED) is 0.426. The number of nitrogens with two attached hydrogens (primary N) is 1. The molecule has 0 fully saturated rings. The molecule has 0 aliphatic heterocycles. The van der Waals surface area contributed by atoms with Crippen LogP contribution in [-0.2, 0) is 6.54 Å². The van der Waals surface area contributed by atoms with Crippen molar-refractivity contribution in [2.45, 2.75) is 6.54 Å². The lowest BCUT2D eigenvalue weighted by Gasteiger charge is -1.66. The highest BCUT2D eigenvalue weighted by Gasteiger charge is 2.05. The van der Waals surface area contributed by atoms with E-state index >= 15 is 0 Å². The zero-order valence-electron chi connectivity index (χ0n) is 4.99. The van der Waals surface area contributed by atoms with E-state index in [-0.39, 0.29) is 24.8 Å². The summed E-state index contributed by atoms with van der Waals surface area (Å²) in [6, 6.07) is 1.88. The lowest BCUT2D eigenvalue weighted by atomic mass is 10.7. The number of rotatable bonds is 1. The van der Waals surface area contributed by atoms with Crippen molar-refractivity contribution < 1.29 is 21.6 Å². The molecule has 54 valence electrons. The minimum absolute atomic E-state index is 0. The minimum Gasteiger partial charge on any atom is -1.00 e. The lowest BCUT2D eigenvalue weighted by Crippen LogP contribution is -3.00. The number of aromatic nitrogens is 2. The van der Waals surface area contributed by atoms with Crippen LogP contribution in [0, 0.1) is 11.3 Å². The van der Waals surface area contributed by atoms with Crippen LogP contribution in [0.4, 0.5) is 5.88 Å². The highest BCUT2D eigenvalue weighted by molar-refractivity contribution is 5.11. The van der Waals surface area contributed by atoms with E-state index in [9.17, 15) is 0 Å². The Morgan fingerprint density at radius 2 is 2.60 bits per heavy atom. The van der Waals surface area contributed by atoms with Gasteiger partial charge in [0.15, 0.2) is 0 Å². The molecule has 1 aromatic heterocycles. The largest absolute Gasteiger partial charge is 1.00 e. The Morgan fingerprint density at radius 1 is 1.90 bits per heavy atom. The third kappa shape index (κ3) is 1.91. The van der Waals surface area contributed by atoms with Gasteiger partial charge in [0.05, 0.1) is 0 Å². The van der Waals surface area contributed by atoms with Crippen molar-refractivity contribution in [3.8, 4) is 6.07 Å². The van der Waals surface area contributed by atoms with Gasteiger partial charge in [-0.15, -0.1) is 0 Å². The second-order valence-corrected chi connectivity index (χ2v) is 1.46. The molecule has 0 bridgehead atoms. The van der Waals surface area contributed by atoms with E-state index in [4.69, 9.17) is 11.0 Å². The fourth-order valence-corrected chi connectivity index (χ4v) is 0.441. The Bertz CT molecular complexity index is 240. The molecule has 0 unspecified atom stereocenters. The van der Waals surface area contributed by atoms with Crippen LogP contribution in [0.1, 0.15) is 0 Å². The van der Waals surface area contributed by atoms with Gasteiger partial charge >= 0.3 is 0 Å². The normalized spacial score (nSPS) is 7.90. The molecule has 5 nitrogen and oxygen atoms in total. The summed E-state index contributed by atoms with van der Waals surface area (Å²) in [5.74, 6) is 0.213. The maximum absolute atomic E-state index is 8.14. The van der Waals surface area contributed by atoms with Crippen molar-refractivity contribution in [3.05, 3.63) is 6.20 Å². The maximum atomic E-state index is 8.14. The molecular weight excluding hydrogens is 156 g/mol. The summed E-state index contributed by atoms with van der Waals surface area (Å²) in [6.07, 6.45) is 1.45. The summed E-state index contributed by atoms with van der Waals surface area (Å²) < 4.78 is 5.77. The monoisotopic (exact) mass is 160 g/mol. The highest BCUT2D eigenvalue weighted by Crippen LogP contribution is 1.88. The third-order valence-corrected chi connectivity index (χ3v) is 0.760. The van der Waals surface area contributed by atoms with E-state index in [1.54, 1.807) is 0 Å². The van der Waals surface area contributed by atoms with Crippen LogP contribution in [0.15, 0.2) is 10.7 Å². The van der Waals surface area contributed by atoms with Crippen molar-refractivity contribution in [1.82, 2.24) is 5.27 Å². The maximum Gasteiger partial charge on any atom is 0.293 e. The van der Waals surface area contributed by atoms with Gasteiger partial charge in [-0.1, -0.05) is 0 Å². The molecule has 0 aliphatic carbocycles. The number of nitriles is 1. The van der Waals surface area contributed by atoms with Gasteiger partial charge in [-0.05, 0) is 4.68 Å². The first-order chi connectivity index (χ1) is 4.33. The number of hydrogen-bond donors (Lipinski definition) is 1. The van der Waals surface area contributed by atoms with Gasteiger partial charge < -0.3 is 18.1 Å². The van der Waals surface area contributed by atoms with Crippen molar-refractivity contribution in [2.24, 2.45) is 0 Å². The summed E-state index contributed by atoms with van der Waals surface area (Å²) in [4.78, 5) is 0. The predicted octanol–water partition coefficient (Wildman–Crippen LogP) is -3.93. The second kappa shape index (κ2) is 3.69. The zero-order valence-corrected chi connectivity index (χ0v) is 5.75. The van der Waals surface area contributed by atoms with Gasteiger partial charge in [-0.25, -0.2) is 0 Å². The molecule has 10 heavy (non-hydrogen) atoms. The summed E-state index contributed by atoms with van der Waals surface area (Å²) >= 11 is 0. The molecular formula is C4H5ClN4O. The lowest BCUT2D eigenvalue weighted by molar-refractivity contribution is -0.751. The van der Waals surface area contributed by atoms with Gasteiger partial charge in [0.25, 0.3) is 18.6 Å². The first-order valence-corrected chi connectivity index (χ1v) is 2.32.